The van der Waals surface area contributed by atoms with E-state index >= 15 is 0 Å². The molecule has 0 bridgehead atoms. The number of hydrogen-bond acceptors (Lipinski definition) is 18. The van der Waals surface area contributed by atoms with E-state index in [9.17, 15) is 49.0 Å². The van der Waals surface area contributed by atoms with E-state index in [0.717, 1.165) is 0 Å². The Morgan fingerprint density at radius 3 is 1.01 bits per heavy atom. The average molecular weight is 1050 g/mol. The molecule has 0 aromatic heterocycles. The van der Waals surface area contributed by atoms with E-state index in [1.807, 2.05) is 0 Å². The SMILES string of the molecule is COC(=O)[C@]1(c2ccc(Cl)cc2)N[C@H](c2ccc([N+](=O)[O-])cc2)c2c(OC(C)=O)ccc(OC(C)=O)c21.COC(=O)[C@]1(c2ccc(Cl)cc2)N[C@H](c2ccc([N+](=O)[O-])cc2)c2c(OC(C)=O)ccc(OC(C)=O)c21. The molecule has 2 N–H and O–H groups in total. The van der Waals surface area contributed by atoms with Gasteiger partial charge < -0.3 is 28.4 Å². The van der Waals surface area contributed by atoms with Crippen molar-refractivity contribution in [3.8, 4) is 23.0 Å². The number of hydrogen-bond donors (Lipinski definition) is 2. The van der Waals surface area contributed by atoms with E-state index in [-0.39, 0.29) is 45.5 Å². The van der Waals surface area contributed by atoms with Crippen LogP contribution in [0.3, 0.4) is 0 Å². The molecule has 0 amide bonds. The Labute approximate surface area is 430 Å². The third-order valence-corrected chi connectivity index (χ3v) is 12.3. The van der Waals surface area contributed by atoms with E-state index in [4.69, 9.17) is 51.6 Å². The molecule has 0 saturated heterocycles. The Kier molecular flexibility index (Phi) is 15.6. The fraction of sp³-hybridized carbons (Fsp3) is 0.192. The molecule has 74 heavy (non-hydrogen) atoms. The summed E-state index contributed by atoms with van der Waals surface area (Å²) in [4.78, 5) is 96.6. The summed E-state index contributed by atoms with van der Waals surface area (Å²) in [5.74, 6) is -3.72. The highest BCUT2D eigenvalue weighted by Gasteiger charge is 2.57. The Morgan fingerprint density at radius 1 is 0.459 bits per heavy atom. The maximum Gasteiger partial charge on any atom is 0.335 e. The number of non-ortho nitro benzene ring substituents is 2. The van der Waals surface area contributed by atoms with Crippen molar-refractivity contribution in [3.05, 3.63) is 196 Å². The monoisotopic (exact) mass is 1050 g/mol. The number of ether oxygens (including phenoxy) is 6. The van der Waals surface area contributed by atoms with Crippen molar-refractivity contribution in [3.63, 3.8) is 0 Å². The number of nitrogens with one attached hydrogen (secondary N) is 2. The normalized spacial score (nSPS) is 18.0. The molecule has 0 fully saturated rings. The van der Waals surface area contributed by atoms with E-state index in [2.05, 4.69) is 10.6 Å². The van der Waals surface area contributed by atoms with Crippen LogP contribution in [0.5, 0.6) is 23.0 Å². The highest BCUT2D eigenvalue weighted by Crippen LogP contribution is 2.55. The van der Waals surface area contributed by atoms with Crippen molar-refractivity contribution in [2.24, 2.45) is 0 Å². The molecule has 22 heteroatoms. The third-order valence-electron chi connectivity index (χ3n) is 11.8. The predicted molar refractivity (Wildman–Crippen MR) is 263 cm³/mol. The molecule has 2 heterocycles. The van der Waals surface area contributed by atoms with Gasteiger partial charge in [0.2, 0.25) is 0 Å². The van der Waals surface area contributed by atoms with Gasteiger partial charge in [-0.1, -0.05) is 71.7 Å². The number of nitro benzene ring substituents is 2. The number of benzene rings is 6. The maximum absolute atomic E-state index is 13.6. The van der Waals surface area contributed by atoms with Gasteiger partial charge in [-0.25, -0.2) is 9.59 Å². The number of esters is 6. The lowest BCUT2D eigenvalue weighted by Gasteiger charge is -2.30. The highest BCUT2D eigenvalue weighted by molar-refractivity contribution is 6.30. The summed E-state index contributed by atoms with van der Waals surface area (Å²) in [5, 5.41) is 29.8. The molecule has 8 rings (SSSR count). The molecule has 0 spiro atoms. The van der Waals surface area contributed by atoms with Gasteiger partial charge in [0.25, 0.3) is 11.4 Å². The number of carbonyl (C=O) groups is 6. The number of nitrogens with zero attached hydrogens (tertiary/aromatic N) is 2. The van der Waals surface area contributed by atoms with E-state index < -0.39 is 68.8 Å². The molecule has 0 saturated carbocycles. The summed E-state index contributed by atoms with van der Waals surface area (Å²) in [7, 11) is 2.42. The first-order valence-electron chi connectivity index (χ1n) is 22.0. The van der Waals surface area contributed by atoms with Crippen molar-refractivity contribution >= 4 is 70.4 Å². The Bertz CT molecular complexity index is 3030. The lowest BCUT2D eigenvalue weighted by molar-refractivity contribution is -0.385. The standard InChI is InChI=1S/2C26H21ClN2O8/c2*1-14(30)36-20-12-13-21(37-15(2)31)23-22(20)24(16-4-10-19(11-5-16)29(33)34)28-26(23,25(32)35-3)17-6-8-18(27)9-7-17/h2*4-13,24,28H,1-3H3/t2*24-,26-/m11/s1. The minimum atomic E-state index is -1.73. The minimum Gasteiger partial charge on any atom is -0.467 e. The zero-order valence-electron chi connectivity index (χ0n) is 39.9. The van der Waals surface area contributed by atoms with E-state index in [1.165, 1.54) is 115 Å². The minimum absolute atomic E-state index is 0.0377. The molecule has 0 aliphatic carbocycles. The van der Waals surface area contributed by atoms with Gasteiger partial charge in [-0.2, -0.15) is 0 Å². The summed E-state index contributed by atoms with van der Waals surface area (Å²) in [6.07, 6.45) is 0. The molecule has 6 aromatic rings. The van der Waals surface area contributed by atoms with Crippen molar-refractivity contribution in [2.75, 3.05) is 14.2 Å². The van der Waals surface area contributed by atoms with Crippen LogP contribution < -0.4 is 29.6 Å². The zero-order chi connectivity index (χ0) is 53.8. The molecule has 2 aliphatic heterocycles. The second kappa shape index (κ2) is 21.7. The van der Waals surface area contributed by atoms with Gasteiger partial charge in [0.05, 0.1) is 36.1 Å². The molecular formula is C52H42Cl2N4O16. The van der Waals surface area contributed by atoms with Crippen molar-refractivity contribution in [1.29, 1.82) is 0 Å². The molecule has 4 atom stereocenters. The first-order valence-corrected chi connectivity index (χ1v) is 22.7. The second-order valence-corrected chi connectivity index (χ2v) is 17.3. The number of rotatable bonds is 12. The number of halogens is 2. The van der Waals surface area contributed by atoms with Crippen LogP contribution in [0.2, 0.25) is 10.0 Å². The number of methoxy groups -OCH3 is 2. The van der Waals surface area contributed by atoms with Crippen LogP contribution in [0.25, 0.3) is 0 Å². The smallest absolute Gasteiger partial charge is 0.335 e. The summed E-state index contributed by atoms with van der Waals surface area (Å²) < 4.78 is 32.4. The number of fused-ring (bicyclic) bond motifs is 2. The first-order chi connectivity index (χ1) is 35.2. The predicted octanol–water partition coefficient (Wildman–Crippen LogP) is 8.42. The topological polar surface area (TPSA) is 268 Å². The van der Waals surface area contributed by atoms with Gasteiger partial charge in [0.15, 0.2) is 11.1 Å². The average Bonchev–Trinajstić information content (AvgIpc) is 3.93. The summed E-state index contributed by atoms with van der Waals surface area (Å²) in [6.45, 7) is 4.88. The zero-order valence-corrected chi connectivity index (χ0v) is 41.4. The van der Waals surface area contributed by atoms with Crippen LogP contribution in [-0.4, -0.2) is 59.9 Å². The quantitative estimate of drug-likeness (QED) is 0.0504. The van der Waals surface area contributed by atoms with Gasteiger partial charge >= 0.3 is 35.8 Å². The Balaban J connectivity index is 0.000000216. The van der Waals surface area contributed by atoms with Crippen LogP contribution in [0.15, 0.2) is 121 Å². The van der Waals surface area contributed by atoms with Crippen LogP contribution >= 0.6 is 23.2 Å². The van der Waals surface area contributed by atoms with Gasteiger partial charge in [-0.05, 0) is 70.8 Å². The van der Waals surface area contributed by atoms with E-state index in [0.29, 0.717) is 43.4 Å². The largest absolute Gasteiger partial charge is 0.467 e. The van der Waals surface area contributed by atoms with Crippen LogP contribution in [0.4, 0.5) is 11.4 Å². The number of nitro groups is 2. The molecule has 0 radical (unpaired) electrons. The first kappa shape index (κ1) is 53.2. The summed E-state index contributed by atoms with van der Waals surface area (Å²) in [5.41, 5.74) is -0.861. The second-order valence-electron chi connectivity index (χ2n) is 16.4. The molecular weight excluding hydrogens is 1010 g/mol. The molecule has 6 aromatic carbocycles. The lowest BCUT2D eigenvalue weighted by Crippen LogP contribution is -2.48. The highest BCUT2D eigenvalue weighted by atomic mass is 35.5. The molecule has 0 unspecified atom stereocenters. The van der Waals surface area contributed by atoms with Crippen molar-refractivity contribution in [2.45, 2.75) is 50.9 Å². The van der Waals surface area contributed by atoms with Crippen molar-refractivity contribution in [1.82, 2.24) is 10.6 Å². The summed E-state index contributed by atoms with van der Waals surface area (Å²) in [6, 6.07) is 28.2. The lowest BCUT2D eigenvalue weighted by atomic mass is 9.82. The van der Waals surface area contributed by atoms with Crippen LogP contribution in [0.1, 0.15) is 84.3 Å². The molecule has 380 valence electrons. The van der Waals surface area contributed by atoms with Crippen LogP contribution in [-0.2, 0) is 49.3 Å². The Morgan fingerprint density at radius 2 is 0.743 bits per heavy atom. The van der Waals surface area contributed by atoms with E-state index in [1.54, 1.807) is 48.5 Å². The van der Waals surface area contributed by atoms with Gasteiger partial charge in [-0.15, -0.1) is 0 Å². The van der Waals surface area contributed by atoms with Gasteiger partial charge in [0.1, 0.15) is 23.0 Å². The summed E-state index contributed by atoms with van der Waals surface area (Å²) >= 11 is 12.2. The van der Waals surface area contributed by atoms with Gasteiger partial charge in [0, 0.05) is 84.3 Å². The maximum atomic E-state index is 13.6. The molecule has 2 aliphatic rings. The number of carbonyl (C=O) groups excluding carboxylic acids is 6. The third kappa shape index (κ3) is 10.2. The molecule has 20 nitrogen and oxygen atoms in total. The van der Waals surface area contributed by atoms with Crippen LogP contribution in [0, 0.1) is 20.2 Å². The fourth-order valence-corrected chi connectivity index (χ4v) is 9.24. The van der Waals surface area contributed by atoms with Gasteiger partial charge in [-0.3, -0.25) is 50.0 Å². The fourth-order valence-electron chi connectivity index (χ4n) is 8.99. The van der Waals surface area contributed by atoms with Crippen molar-refractivity contribution < 1.29 is 67.0 Å². The Hall–Kier alpha value is -8.56.